The topological polar surface area (TPSA) is 158 Å². The molecule has 2 amide bonds. The third kappa shape index (κ3) is 5.69. The molecule has 0 aliphatic heterocycles. The molecule has 1 atom stereocenters. The van der Waals surface area contributed by atoms with E-state index in [9.17, 15) is 19.2 Å². The van der Waals surface area contributed by atoms with Crippen molar-refractivity contribution in [2.45, 2.75) is 44.7 Å². The van der Waals surface area contributed by atoms with Crippen molar-refractivity contribution in [3.05, 3.63) is 94.6 Å². The molecule has 12 heteroatoms. The average Bonchev–Trinajstić information content (AvgIpc) is 3.66. The summed E-state index contributed by atoms with van der Waals surface area (Å²) in [5.41, 5.74) is 0.368. The van der Waals surface area contributed by atoms with Crippen LogP contribution in [0.4, 0.5) is 10.5 Å². The van der Waals surface area contributed by atoms with Crippen LogP contribution in [0.3, 0.4) is 0 Å². The highest BCUT2D eigenvalue weighted by Crippen LogP contribution is 2.52. The van der Waals surface area contributed by atoms with E-state index in [0.29, 0.717) is 11.5 Å². The molecule has 5 rings (SSSR count). The first kappa shape index (κ1) is 28.4. The second-order valence-corrected chi connectivity index (χ2v) is 10.4. The summed E-state index contributed by atoms with van der Waals surface area (Å²) in [6.45, 7) is 3.07. The van der Waals surface area contributed by atoms with E-state index < -0.39 is 41.3 Å². The SMILES string of the molecule is COC(=O)Nc1cnc(-c2ccccc2)n(CC(=O)NC(C(=O)c2nnc(C3(c4ccccc4)CC3)o2)C(C)C)c1=O. The van der Waals surface area contributed by atoms with E-state index in [2.05, 4.69) is 30.6 Å². The lowest BCUT2D eigenvalue weighted by Gasteiger charge is -2.21. The number of anilines is 1. The number of nitrogens with one attached hydrogen (secondary N) is 2. The van der Waals surface area contributed by atoms with Gasteiger partial charge in [-0.25, -0.2) is 9.78 Å². The predicted molar refractivity (Wildman–Crippen MR) is 152 cm³/mol. The molecule has 4 aromatic rings. The van der Waals surface area contributed by atoms with Gasteiger partial charge in [0.05, 0.1) is 24.8 Å². The highest BCUT2D eigenvalue weighted by Gasteiger charge is 2.51. The van der Waals surface area contributed by atoms with Crippen molar-refractivity contribution in [1.82, 2.24) is 25.1 Å². The normalized spacial score (nSPS) is 14.2. The van der Waals surface area contributed by atoms with E-state index in [1.807, 2.05) is 30.3 Å². The highest BCUT2D eigenvalue weighted by molar-refractivity contribution is 5.98. The fraction of sp³-hybridized carbons (Fsp3) is 0.300. The standard InChI is InChI=1S/C30H30N6O6/c1-18(2)23(24(38)26-34-35-28(42-26)30(14-15-30)20-12-8-5-9-13-20)33-22(37)17-36-25(19-10-6-4-7-11-19)31-16-21(27(36)39)32-29(40)41-3/h4-13,16,18,23H,14-15,17H2,1-3H3,(H,32,40)(H,33,37). The third-order valence-electron chi connectivity index (χ3n) is 7.19. The van der Waals surface area contributed by atoms with Crippen molar-refractivity contribution in [2.75, 3.05) is 12.4 Å². The van der Waals surface area contributed by atoms with Crippen LogP contribution in [-0.4, -0.2) is 50.7 Å². The smallest absolute Gasteiger partial charge is 0.411 e. The maximum atomic E-state index is 13.5. The summed E-state index contributed by atoms with van der Waals surface area (Å²) in [4.78, 5) is 56.2. The zero-order valence-electron chi connectivity index (χ0n) is 23.4. The molecule has 12 nitrogen and oxygen atoms in total. The van der Waals surface area contributed by atoms with Crippen molar-refractivity contribution in [2.24, 2.45) is 5.92 Å². The first-order chi connectivity index (χ1) is 20.2. The number of hydrogen-bond donors (Lipinski definition) is 2. The van der Waals surface area contributed by atoms with Crippen molar-refractivity contribution in [3.8, 4) is 11.4 Å². The average molecular weight is 571 g/mol. The number of ketones is 1. The zero-order valence-corrected chi connectivity index (χ0v) is 23.4. The number of hydrogen-bond acceptors (Lipinski definition) is 9. The fourth-order valence-corrected chi connectivity index (χ4v) is 4.76. The van der Waals surface area contributed by atoms with E-state index in [1.165, 1.54) is 6.20 Å². The van der Waals surface area contributed by atoms with Crippen LogP contribution < -0.4 is 16.2 Å². The molecule has 0 spiro atoms. The first-order valence-electron chi connectivity index (χ1n) is 13.5. The molecule has 1 saturated carbocycles. The Hall–Kier alpha value is -5.13. The number of methoxy groups -OCH3 is 1. The van der Waals surface area contributed by atoms with E-state index in [-0.39, 0.29) is 23.3 Å². The number of nitrogens with zero attached hydrogens (tertiary/aromatic N) is 4. The molecule has 1 aliphatic rings. The van der Waals surface area contributed by atoms with Gasteiger partial charge >= 0.3 is 6.09 Å². The molecular weight excluding hydrogens is 540 g/mol. The maximum Gasteiger partial charge on any atom is 0.411 e. The molecule has 2 N–H and O–H groups in total. The molecule has 1 unspecified atom stereocenters. The number of benzene rings is 2. The minimum absolute atomic E-state index is 0.170. The van der Waals surface area contributed by atoms with E-state index in [0.717, 1.165) is 30.1 Å². The van der Waals surface area contributed by atoms with Gasteiger partial charge in [-0.3, -0.25) is 24.3 Å². The molecule has 1 fully saturated rings. The van der Waals surface area contributed by atoms with E-state index >= 15 is 0 Å². The Morgan fingerprint density at radius 1 is 1.02 bits per heavy atom. The van der Waals surface area contributed by atoms with Gasteiger partial charge < -0.3 is 14.5 Å². The van der Waals surface area contributed by atoms with Crippen LogP contribution >= 0.6 is 0 Å². The maximum absolute atomic E-state index is 13.5. The Balaban J connectivity index is 1.38. The second-order valence-electron chi connectivity index (χ2n) is 10.4. The van der Waals surface area contributed by atoms with Gasteiger partial charge in [-0.15, -0.1) is 10.2 Å². The number of carbonyl (C=O) groups excluding carboxylic acids is 3. The molecule has 0 radical (unpaired) electrons. The minimum Gasteiger partial charge on any atom is -0.453 e. The van der Waals surface area contributed by atoms with Gasteiger partial charge in [-0.2, -0.15) is 0 Å². The number of amides is 2. The fourth-order valence-electron chi connectivity index (χ4n) is 4.76. The van der Waals surface area contributed by atoms with Gasteiger partial charge in [-0.05, 0) is 24.3 Å². The van der Waals surface area contributed by atoms with Gasteiger partial charge in [-0.1, -0.05) is 74.5 Å². The number of carbonyl (C=O) groups is 3. The lowest BCUT2D eigenvalue weighted by Crippen LogP contribution is -2.46. The summed E-state index contributed by atoms with van der Waals surface area (Å²) in [7, 11) is 1.16. The summed E-state index contributed by atoms with van der Waals surface area (Å²) in [6.07, 6.45) is 1.99. The lowest BCUT2D eigenvalue weighted by atomic mass is 9.96. The molecule has 2 heterocycles. The highest BCUT2D eigenvalue weighted by atomic mass is 16.5. The minimum atomic E-state index is -1.00. The van der Waals surface area contributed by atoms with Crippen molar-refractivity contribution in [1.29, 1.82) is 0 Å². The lowest BCUT2D eigenvalue weighted by molar-refractivity contribution is -0.122. The van der Waals surface area contributed by atoms with Gasteiger partial charge in [0.25, 0.3) is 11.4 Å². The van der Waals surface area contributed by atoms with Crippen LogP contribution in [0.15, 0.2) is 76.1 Å². The number of rotatable bonds is 10. The Labute approximate surface area is 241 Å². The molecule has 42 heavy (non-hydrogen) atoms. The summed E-state index contributed by atoms with van der Waals surface area (Å²) < 4.78 is 11.6. The van der Waals surface area contributed by atoms with Gasteiger partial charge in [0.2, 0.25) is 17.6 Å². The summed E-state index contributed by atoms with van der Waals surface area (Å²) in [6, 6.07) is 17.6. The quantitative estimate of drug-likeness (QED) is 0.272. The predicted octanol–water partition coefficient (Wildman–Crippen LogP) is 3.58. The number of aromatic nitrogens is 4. The third-order valence-corrected chi connectivity index (χ3v) is 7.19. The Bertz CT molecular complexity index is 1660. The van der Waals surface area contributed by atoms with E-state index in [1.54, 1.807) is 44.2 Å². The van der Waals surface area contributed by atoms with Crippen molar-refractivity contribution >= 4 is 23.5 Å². The molecule has 2 aromatic carbocycles. The summed E-state index contributed by atoms with van der Waals surface area (Å²) in [5, 5.41) is 13.2. The molecule has 2 aromatic heterocycles. The summed E-state index contributed by atoms with van der Waals surface area (Å²) >= 11 is 0. The van der Waals surface area contributed by atoms with Crippen LogP contribution in [0.5, 0.6) is 0 Å². The van der Waals surface area contributed by atoms with Crippen LogP contribution in [0.25, 0.3) is 11.4 Å². The number of ether oxygens (including phenoxy) is 1. The Kier molecular flexibility index (Phi) is 7.96. The van der Waals surface area contributed by atoms with E-state index in [4.69, 9.17) is 4.42 Å². The monoisotopic (exact) mass is 570 g/mol. The second kappa shape index (κ2) is 11.8. The molecule has 0 saturated heterocycles. The first-order valence-corrected chi connectivity index (χ1v) is 13.5. The zero-order chi connectivity index (χ0) is 29.9. The molecular formula is C30H30N6O6. The van der Waals surface area contributed by atoms with Crippen molar-refractivity contribution in [3.63, 3.8) is 0 Å². The Morgan fingerprint density at radius 3 is 2.31 bits per heavy atom. The van der Waals surface area contributed by atoms with Crippen LogP contribution in [-0.2, 0) is 21.5 Å². The van der Waals surface area contributed by atoms with Crippen LogP contribution in [0.1, 0.15) is 48.8 Å². The molecule has 0 bridgehead atoms. The number of Topliss-reactive ketones (excluding diaryl/α,β-unsaturated/α-hetero) is 1. The van der Waals surface area contributed by atoms with Crippen molar-refractivity contribution < 1.29 is 23.5 Å². The van der Waals surface area contributed by atoms with Crippen LogP contribution in [0.2, 0.25) is 0 Å². The largest absolute Gasteiger partial charge is 0.453 e. The van der Waals surface area contributed by atoms with Crippen LogP contribution in [0, 0.1) is 5.92 Å². The molecule has 216 valence electrons. The van der Waals surface area contributed by atoms with Gasteiger partial charge in [0, 0.05) is 5.56 Å². The Morgan fingerprint density at radius 2 is 1.69 bits per heavy atom. The molecule has 1 aliphatic carbocycles. The van der Waals surface area contributed by atoms with Gasteiger partial charge in [0.1, 0.15) is 18.1 Å². The summed E-state index contributed by atoms with van der Waals surface area (Å²) in [5.74, 6) is -1.12. The van der Waals surface area contributed by atoms with Gasteiger partial charge in [0.15, 0.2) is 0 Å².